The molecule has 2 aromatic rings. The molecule has 0 fully saturated rings. The Morgan fingerprint density at radius 1 is 1.11 bits per heavy atom. The first-order chi connectivity index (χ1) is 8.70. The van der Waals surface area contributed by atoms with Crippen LogP contribution in [-0.4, -0.2) is 0 Å². The molecule has 0 saturated carbocycles. The molecule has 0 saturated heterocycles. The topological polar surface area (TPSA) is 12.0 Å². The van der Waals surface area contributed by atoms with E-state index in [9.17, 15) is 0 Å². The molecule has 0 aliphatic heterocycles. The molecule has 1 unspecified atom stereocenters. The third-order valence-corrected chi connectivity index (χ3v) is 3.72. The summed E-state index contributed by atoms with van der Waals surface area (Å²) >= 11 is 3.61. The van der Waals surface area contributed by atoms with Gasteiger partial charge < -0.3 is 5.32 Å². The highest BCUT2D eigenvalue weighted by Gasteiger charge is 2.10. The van der Waals surface area contributed by atoms with Gasteiger partial charge in [0, 0.05) is 10.2 Å². The zero-order valence-corrected chi connectivity index (χ0v) is 12.4. The highest BCUT2D eigenvalue weighted by molar-refractivity contribution is 9.10. The number of halogens is 1. The van der Waals surface area contributed by atoms with Crippen LogP contribution in [0.4, 0.5) is 5.69 Å². The first-order valence-electron chi connectivity index (χ1n) is 6.28. The minimum atomic E-state index is 0.352. The Hall–Kier alpha value is -1.28. The zero-order chi connectivity index (χ0) is 13.0. The molecule has 0 spiro atoms. The average molecular weight is 304 g/mol. The fraction of sp³-hybridized carbons (Fsp3) is 0.250. The second-order valence-corrected chi connectivity index (χ2v) is 5.35. The number of hydrogen-bond acceptors (Lipinski definition) is 1. The van der Waals surface area contributed by atoms with Crippen LogP contribution in [0.3, 0.4) is 0 Å². The Kier molecular flexibility index (Phi) is 4.43. The van der Waals surface area contributed by atoms with E-state index in [0.29, 0.717) is 6.04 Å². The highest BCUT2D eigenvalue weighted by Crippen LogP contribution is 2.28. The van der Waals surface area contributed by atoms with E-state index in [1.807, 2.05) is 0 Å². The van der Waals surface area contributed by atoms with Crippen LogP contribution >= 0.6 is 15.9 Å². The van der Waals surface area contributed by atoms with E-state index < -0.39 is 0 Å². The van der Waals surface area contributed by atoms with Crippen molar-refractivity contribution in [3.05, 3.63) is 64.1 Å². The summed E-state index contributed by atoms with van der Waals surface area (Å²) in [5.41, 5.74) is 3.74. The summed E-state index contributed by atoms with van der Waals surface area (Å²) in [7, 11) is 0. The molecule has 0 aliphatic carbocycles. The number of anilines is 1. The maximum absolute atomic E-state index is 3.61. The molecule has 18 heavy (non-hydrogen) atoms. The SMILES string of the molecule is CCC(Nc1ccc(C)cc1Br)c1ccccc1. The molecule has 0 aromatic heterocycles. The molecule has 1 atom stereocenters. The quantitative estimate of drug-likeness (QED) is 0.806. The largest absolute Gasteiger partial charge is 0.377 e. The number of rotatable bonds is 4. The van der Waals surface area contributed by atoms with Crippen molar-refractivity contribution in [3.63, 3.8) is 0 Å². The monoisotopic (exact) mass is 303 g/mol. The van der Waals surface area contributed by atoms with Crippen molar-refractivity contribution in [2.24, 2.45) is 0 Å². The molecule has 2 heteroatoms. The fourth-order valence-electron chi connectivity index (χ4n) is 2.03. The lowest BCUT2D eigenvalue weighted by Gasteiger charge is -2.20. The van der Waals surface area contributed by atoms with Gasteiger partial charge in [-0.3, -0.25) is 0 Å². The Morgan fingerprint density at radius 3 is 2.44 bits per heavy atom. The van der Waals surface area contributed by atoms with Crippen LogP contribution in [-0.2, 0) is 0 Å². The van der Waals surface area contributed by atoms with Gasteiger partial charge in [-0.25, -0.2) is 0 Å². The lowest BCUT2D eigenvalue weighted by Crippen LogP contribution is -2.09. The van der Waals surface area contributed by atoms with E-state index in [1.54, 1.807) is 0 Å². The van der Waals surface area contributed by atoms with Crippen LogP contribution in [0.25, 0.3) is 0 Å². The Labute approximate surface area is 117 Å². The molecule has 2 aromatic carbocycles. The molecule has 94 valence electrons. The number of aryl methyl sites for hydroxylation is 1. The van der Waals surface area contributed by atoms with Gasteiger partial charge in [0.15, 0.2) is 0 Å². The lowest BCUT2D eigenvalue weighted by atomic mass is 10.0. The molecule has 0 amide bonds. The maximum Gasteiger partial charge on any atom is 0.0511 e. The van der Waals surface area contributed by atoms with Gasteiger partial charge in [-0.05, 0) is 52.5 Å². The van der Waals surface area contributed by atoms with Gasteiger partial charge >= 0.3 is 0 Å². The van der Waals surface area contributed by atoms with Crippen LogP contribution in [0.5, 0.6) is 0 Å². The van der Waals surface area contributed by atoms with Crippen LogP contribution < -0.4 is 5.32 Å². The van der Waals surface area contributed by atoms with Gasteiger partial charge in [-0.15, -0.1) is 0 Å². The normalized spacial score (nSPS) is 12.2. The van der Waals surface area contributed by atoms with Crippen molar-refractivity contribution in [2.45, 2.75) is 26.3 Å². The highest BCUT2D eigenvalue weighted by atomic mass is 79.9. The minimum Gasteiger partial charge on any atom is -0.377 e. The number of nitrogens with one attached hydrogen (secondary N) is 1. The Bertz CT molecular complexity index is 508. The smallest absolute Gasteiger partial charge is 0.0511 e. The van der Waals surface area contributed by atoms with Gasteiger partial charge in [-0.2, -0.15) is 0 Å². The summed E-state index contributed by atoms with van der Waals surface area (Å²) in [4.78, 5) is 0. The van der Waals surface area contributed by atoms with Crippen molar-refractivity contribution < 1.29 is 0 Å². The Balaban J connectivity index is 2.21. The van der Waals surface area contributed by atoms with Gasteiger partial charge in [-0.1, -0.05) is 43.3 Å². The predicted molar refractivity (Wildman–Crippen MR) is 82.0 cm³/mol. The molecule has 1 N–H and O–H groups in total. The molecule has 0 bridgehead atoms. The van der Waals surface area contributed by atoms with Crippen LogP contribution in [0, 0.1) is 6.92 Å². The van der Waals surface area contributed by atoms with Crippen molar-refractivity contribution >= 4 is 21.6 Å². The van der Waals surface area contributed by atoms with Gasteiger partial charge in [0.05, 0.1) is 6.04 Å². The number of benzene rings is 2. The third-order valence-electron chi connectivity index (χ3n) is 3.06. The fourth-order valence-corrected chi connectivity index (χ4v) is 2.64. The summed E-state index contributed by atoms with van der Waals surface area (Å²) in [6.07, 6.45) is 1.06. The van der Waals surface area contributed by atoms with Crippen LogP contribution in [0.2, 0.25) is 0 Å². The van der Waals surface area contributed by atoms with Crippen LogP contribution in [0.1, 0.15) is 30.5 Å². The molecular formula is C16H18BrN. The van der Waals surface area contributed by atoms with E-state index in [0.717, 1.165) is 16.6 Å². The average Bonchev–Trinajstić information content (AvgIpc) is 2.39. The molecule has 0 aliphatic rings. The predicted octanol–water partition coefficient (Wildman–Crippen LogP) is 5.32. The molecule has 1 nitrogen and oxygen atoms in total. The number of hydrogen-bond donors (Lipinski definition) is 1. The van der Waals surface area contributed by atoms with Crippen molar-refractivity contribution in [2.75, 3.05) is 5.32 Å². The zero-order valence-electron chi connectivity index (χ0n) is 10.8. The summed E-state index contributed by atoms with van der Waals surface area (Å²) in [6, 6.07) is 17.3. The minimum absolute atomic E-state index is 0.352. The van der Waals surface area contributed by atoms with E-state index in [1.165, 1.54) is 11.1 Å². The van der Waals surface area contributed by atoms with Crippen molar-refractivity contribution in [3.8, 4) is 0 Å². The first kappa shape index (κ1) is 13.2. The molecular weight excluding hydrogens is 286 g/mol. The maximum atomic E-state index is 3.61. The Morgan fingerprint density at radius 2 is 1.83 bits per heavy atom. The second-order valence-electron chi connectivity index (χ2n) is 4.50. The summed E-state index contributed by atoms with van der Waals surface area (Å²) in [5.74, 6) is 0. The van der Waals surface area contributed by atoms with Gasteiger partial charge in [0.2, 0.25) is 0 Å². The van der Waals surface area contributed by atoms with Gasteiger partial charge in [0.1, 0.15) is 0 Å². The lowest BCUT2D eigenvalue weighted by molar-refractivity contribution is 0.749. The van der Waals surface area contributed by atoms with Gasteiger partial charge in [0.25, 0.3) is 0 Å². The summed E-state index contributed by atoms with van der Waals surface area (Å²) < 4.78 is 1.12. The molecule has 0 radical (unpaired) electrons. The molecule has 2 rings (SSSR count). The molecule has 0 heterocycles. The summed E-state index contributed by atoms with van der Waals surface area (Å²) in [5, 5.41) is 3.59. The van der Waals surface area contributed by atoms with E-state index in [4.69, 9.17) is 0 Å². The standard InChI is InChI=1S/C16H18BrN/c1-3-15(13-7-5-4-6-8-13)18-16-10-9-12(2)11-14(16)17/h4-11,15,18H,3H2,1-2H3. The van der Waals surface area contributed by atoms with E-state index >= 15 is 0 Å². The summed E-state index contributed by atoms with van der Waals surface area (Å²) in [6.45, 7) is 4.30. The van der Waals surface area contributed by atoms with E-state index in [-0.39, 0.29) is 0 Å². The van der Waals surface area contributed by atoms with Crippen molar-refractivity contribution in [1.82, 2.24) is 0 Å². The second kappa shape index (κ2) is 6.05. The van der Waals surface area contributed by atoms with E-state index in [2.05, 4.69) is 83.6 Å². The first-order valence-corrected chi connectivity index (χ1v) is 7.07. The van der Waals surface area contributed by atoms with Crippen molar-refractivity contribution in [1.29, 1.82) is 0 Å². The third kappa shape index (κ3) is 3.14. The van der Waals surface area contributed by atoms with Crippen LogP contribution in [0.15, 0.2) is 53.0 Å².